The van der Waals surface area contributed by atoms with Gasteiger partial charge in [-0.3, -0.25) is 0 Å². The first-order chi connectivity index (χ1) is 8.33. The van der Waals surface area contributed by atoms with E-state index in [4.69, 9.17) is 14.0 Å². The second-order valence-electron chi connectivity index (χ2n) is 3.56. The fraction of sp³-hybridized carbons (Fsp3) is 0.333. The molecule has 1 aromatic heterocycles. The van der Waals surface area contributed by atoms with Gasteiger partial charge < -0.3 is 14.0 Å². The Morgan fingerprint density at radius 3 is 2.41 bits per heavy atom. The molecule has 90 valence electrons. The van der Waals surface area contributed by atoms with Gasteiger partial charge in [0.25, 0.3) is 0 Å². The minimum atomic E-state index is -0.217. The summed E-state index contributed by atoms with van der Waals surface area (Å²) in [5.74, 6) is 0.589. The third-order valence-electron chi connectivity index (χ3n) is 2.50. The lowest BCUT2D eigenvalue weighted by molar-refractivity contribution is -0.100. The number of nitrogens with zero attached hydrogens (tertiary/aromatic N) is 2. The maximum atomic E-state index is 5.14. The molecule has 0 atom stereocenters. The lowest BCUT2D eigenvalue weighted by Crippen LogP contribution is -2.15. The summed E-state index contributed by atoms with van der Waals surface area (Å²) in [6.07, 6.45) is 1.81. The molecule has 0 unspecified atom stereocenters. The molecule has 0 amide bonds. The number of rotatable bonds is 5. The Hall–Kier alpha value is -1.72. The molecule has 2 rings (SSSR count). The molecule has 0 bridgehead atoms. The molecule has 0 N–H and O–H groups in total. The summed E-state index contributed by atoms with van der Waals surface area (Å²) in [4.78, 5) is 3.98. The van der Waals surface area contributed by atoms with Crippen LogP contribution in [0.25, 0.3) is 11.4 Å². The molecule has 2 aromatic rings. The smallest absolute Gasteiger partial charge is 0.214 e. The Balaban J connectivity index is 2.08. The number of hydrogen-bond donors (Lipinski definition) is 0. The van der Waals surface area contributed by atoms with Gasteiger partial charge in [0.1, 0.15) is 0 Å². The van der Waals surface area contributed by atoms with Crippen LogP contribution >= 0.6 is 0 Å². The van der Waals surface area contributed by atoms with Crippen LogP contribution in [0, 0.1) is 0 Å². The standard InChI is InChI=1S/C12H14N2O3/c1-15-11(16-2)7-9-3-5-10(6-4-9)12-13-8-17-14-12/h3-6,8,11H,7H2,1-2H3. The summed E-state index contributed by atoms with van der Waals surface area (Å²) >= 11 is 0. The lowest BCUT2D eigenvalue weighted by atomic mass is 10.1. The van der Waals surface area contributed by atoms with Crippen molar-refractivity contribution in [1.29, 1.82) is 0 Å². The molecule has 1 aromatic carbocycles. The van der Waals surface area contributed by atoms with Crippen molar-refractivity contribution in [2.75, 3.05) is 14.2 Å². The molecule has 17 heavy (non-hydrogen) atoms. The minimum absolute atomic E-state index is 0.217. The molecule has 1 heterocycles. The normalized spacial score (nSPS) is 11.0. The summed E-state index contributed by atoms with van der Waals surface area (Å²) in [6, 6.07) is 7.89. The first-order valence-electron chi connectivity index (χ1n) is 5.24. The van der Waals surface area contributed by atoms with E-state index in [1.54, 1.807) is 14.2 Å². The molecule has 0 aliphatic rings. The zero-order valence-electron chi connectivity index (χ0n) is 9.79. The van der Waals surface area contributed by atoms with E-state index in [1.807, 2.05) is 24.3 Å². The molecule has 5 heteroatoms. The summed E-state index contributed by atoms with van der Waals surface area (Å²) < 4.78 is 15.0. The first-order valence-corrected chi connectivity index (χ1v) is 5.24. The average Bonchev–Trinajstić information content (AvgIpc) is 2.90. The Labute approximate surface area is 99.4 Å². The van der Waals surface area contributed by atoms with Gasteiger partial charge in [0.05, 0.1) is 0 Å². The van der Waals surface area contributed by atoms with Gasteiger partial charge in [0.2, 0.25) is 12.2 Å². The van der Waals surface area contributed by atoms with Crippen LogP contribution < -0.4 is 0 Å². The number of ether oxygens (including phenoxy) is 2. The van der Waals surface area contributed by atoms with Crippen LogP contribution in [0.5, 0.6) is 0 Å². The highest BCUT2D eigenvalue weighted by atomic mass is 16.7. The van der Waals surface area contributed by atoms with Crippen molar-refractivity contribution in [3.63, 3.8) is 0 Å². The fourth-order valence-corrected chi connectivity index (χ4v) is 1.54. The number of hydrogen-bond acceptors (Lipinski definition) is 5. The van der Waals surface area contributed by atoms with E-state index in [-0.39, 0.29) is 6.29 Å². The largest absolute Gasteiger partial charge is 0.356 e. The van der Waals surface area contributed by atoms with E-state index in [9.17, 15) is 0 Å². The van der Waals surface area contributed by atoms with Crippen LogP contribution in [0.2, 0.25) is 0 Å². The molecule has 0 radical (unpaired) electrons. The van der Waals surface area contributed by atoms with E-state index < -0.39 is 0 Å². The Morgan fingerprint density at radius 2 is 1.88 bits per heavy atom. The van der Waals surface area contributed by atoms with Gasteiger partial charge >= 0.3 is 0 Å². The zero-order chi connectivity index (χ0) is 12.1. The van der Waals surface area contributed by atoms with Crippen LogP contribution in [-0.4, -0.2) is 30.7 Å². The van der Waals surface area contributed by atoms with E-state index in [2.05, 4.69) is 10.1 Å². The van der Waals surface area contributed by atoms with Crippen LogP contribution in [0.1, 0.15) is 5.56 Å². The van der Waals surface area contributed by atoms with Crippen LogP contribution in [0.4, 0.5) is 0 Å². The van der Waals surface area contributed by atoms with Crippen LogP contribution in [-0.2, 0) is 15.9 Å². The maximum Gasteiger partial charge on any atom is 0.214 e. The third kappa shape index (κ3) is 2.89. The molecule has 0 spiro atoms. The van der Waals surface area contributed by atoms with Gasteiger partial charge in [-0.25, -0.2) is 0 Å². The highest BCUT2D eigenvalue weighted by molar-refractivity contribution is 5.54. The van der Waals surface area contributed by atoms with Crippen molar-refractivity contribution >= 4 is 0 Å². The Morgan fingerprint density at radius 1 is 1.18 bits per heavy atom. The fourth-order valence-electron chi connectivity index (χ4n) is 1.54. The molecule has 5 nitrogen and oxygen atoms in total. The van der Waals surface area contributed by atoms with Gasteiger partial charge in [0, 0.05) is 26.2 Å². The monoisotopic (exact) mass is 234 g/mol. The predicted molar refractivity (Wildman–Crippen MR) is 61.2 cm³/mol. The van der Waals surface area contributed by atoms with Gasteiger partial charge in [0.15, 0.2) is 6.29 Å². The Bertz CT molecular complexity index is 435. The van der Waals surface area contributed by atoms with Crippen molar-refractivity contribution < 1.29 is 14.0 Å². The molecule has 0 fully saturated rings. The quantitative estimate of drug-likeness (QED) is 0.739. The molecular weight excluding hydrogens is 220 g/mol. The van der Waals surface area contributed by atoms with Crippen molar-refractivity contribution in [2.45, 2.75) is 12.7 Å². The third-order valence-corrected chi connectivity index (χ3v) is 2.50. The SMILES string of the molecule is COC(Cc1ccc(-c2ncon2)cc1)OC. The second kappa shape index (κ2) is 5.56. The van der Waals surface area contributed by atoms with Crippen molar-refractivity contribution in [3.05, 3.63) is 36.2 Å². The van der Waals surface area contributed by atoms with Crippen molar-refractivity contribution in [2.24, 2.45) is 0 Å². The van der Waals surface area contributed by atoms with Crippen LogP contribution in [0.3, 0.4) is 0 Å². The lowest BCUT2D eigenvalue weighted by Gasteiger charge is -2.13. The predicted octanol–water partition coefficient (Wildman–Crippen LogP) is 1.90. The summed E-state index contributed by atoms with van der Waals surface area (Å²) in [5.41, 5.74) is 2.06. The van der Waals surface area contributed by atoms with E-state index in [0.29, 0.717) is 12.2 Å². The molecular formula is C12H14N2O3. The summed E-state index contributed by atoms with van der Waals surface area (Å²) in [6.45, 7) is 0. The molecule has 0 saturated heterocycles. The highest BCUT2D eigenvalue weighted by Crippen LogP contribution is 2.16. The van der Waals surface area contributed by atoms with Crippen molar-refractivity contribution in [3.8, 4) is 11.4 Å². The highest BCUT2D eigenvalue weighted by Gasteiger charge is 2.07. The minimum Gasteiger partial charge on any atom is -0.356 e. The van der Waals surface area contributed by atoms with Crippen LogP contribution in [0.15, 0.2) is 35.2 Å². The van der Waals surface area contributed by atoms with E-state index >= 15 is 0 Å². The maximum absolute atomic E-state index is 5.14. The molecule has 0 saturated carbocycles. The van der Waals surface area contributed by atoms with Crippen molar-refractivity contribution in [1.82, 2.24) is 10.1 Å². The van der Waals surface area contributed by atoms with E-state index in [0.717, 1.165) is 11.1 Å². The zero-order valence-corrected chi connectivity index (χ0v) is 9.79. The number of aromatic nitrogens is 2. The summed E-state index contributed by atoms with van der Waals surface area (Å²) in [7, 11) is 3.25. The first kappa shape index (κ1) is 11.8. The topological polar surface area (TPSA) is 57.4 Å². The number of benzene rings is 1. The average molecular weight is 234 g/mol. The Kier molecular flexibility index (Phi) is 3.85. The molecule has 0 aliphatic heterocycles. The van der Waals surface area contributed by atoms with Gasteiger partial charge in [-0.05, 0) is 5.56 Å². The number of methoxy groups -OCH3 is 2. The van der Waals surface area contributed by atoms with E-state index in [1.165, 1.54) is 6.39 Å². The second-order valence-corrected chi connectivity index (χ2v) is 3.56. The van der Waals surface area contributed by atoms with Gasteiger partial charge in [-0.1, -0.05) is 29.4 Å². The van der Waals surface area contributed by atoms with Gasteiger partial charge in [-0.15, -0.1) is 0 Å². The van der Waals surface area contributed by atoms with Gasteiger partial charge in [-0.2, -0.15) is 4.98 Å². The molecule has 0 aliphatic carbocycles. The summed E-state index contributed by atoms with van der Waals surface area (Å²) in [5, 5.41) is 3.77.